The Labute approximate surface area is 161 Å². The van der Waals surface area contributed by atoms with E-state index in [9.17, 15) is 26.7 Å². The molecule has 0 bridgehead atoms. The number of halogens is 6. The van der Waals surface area contributed by atoms with Crippen LogP contribution < -0.4 is 5.32 Å². The van der Waals surface area contributed by atoms with Crippen LogP contribution in [0.1, 0.15) is 15.9 Å². The van der Waals surface area contributed by atoms with Crippen molar-refractivity contribution in [1.82, 2.24) is 0 Å². The van der Waals surface area contributed by atoms with Gasteiger partial charge in [-0.1, -0.05) is 23.7 Å². The third-order valence-electron chi connectivity index (χ3n) is 3.91. The Hall–Kier alpha value is -2.93. The molecule has 1 amide bonds. The fraction of sp³-hybridized carbons (Fsp3) is 0.0500. The van der Waals surface area contributed by atoms with E-state index in [4.69, 9.17) is 11.6 Å². The first-order valence-electron chi connectivity index (χ1n) is 7.89. The van der Waals surface area contributed by atoms with Crippen LogP contribution in [0, 0.1) is 11.6 Å². The second-order valence-corrected chi connectivity index (χ2v) is 6.26. The molecular weight excluding hydrogens is 401 g/mol. The van der Waals surface area contributed by atoms with Crippen LogP contribution in [0.3, 0.4) is 0 Å². The van der Waals surface area contributed by atoms with Gasteiger partial charge in [-0.3, -0.25) is 4.79 Å². The third-order valence-corrected chi connectivity index (χ3v) is 4.22. The molecule has 0 fully saturated rings. The average Bonchev–Trinajstić information content (AvgIpc) is 2.62. The SMILES string of the molecule is O=C(Nc1ccc(C(F)(F)F)cc1Cl)c1cccc(-c2ccc(F)cc2F)c1. The van der Waals surface area contributed by atoms with E-state index in [2.05, 4.69) is 5.32 Å². The summed E-state index contributed by atoms with van der Waals surface area (Å²) in [4.78, 5) is 12.4. The Morgan fingerprint density at radius 3 is 2.32 bits per heavy atom. The summed E-state index contributed by atoms with van der Waals surface area (Å²) in [5.41, 5.74) is -0.383. The maximum absolute atomic E-state index is 14.0. The van der Waals surface area contributed by atoms with Crippen LogP contribution in [0.15, 0.2) is 60.7 Å². The van der Waals surface area contributed by atoms with E-state index in [-0.39, 0.29) is 21.8 Å². The lowest BCUT2D eigenvalue weighted by Crippen LogP contribution is -2.13. The smallest absolute Gasteiger partial charge is 0.321 e. The topological polar surface area (TPSA) is 29.1 Å². The minimum atomic E-state index is -4.56. The van der Waals surface area contributed by atoms with Crippen LogP contribution in [-0.2, 0) is 6.18 Å². The predicted octanol–water partition coefficient (Wildman–Crippen LogP) is 6.56. The van der Waals surface area contributed by atoms with E-state index in [1.54, 1.807) is 0 Å². The molecule has 3 aromatic carbocycles. The molecule has 0 radical (unpaired) electrons. The van der Waals surface area contributed by atoms with E-state index in [1.807, 2.05) is 0 Å². The first kappa shape index (κ1) is 19.8. The molecule has 0 aliphatic heterocycles. The fourth-order valence-electron chi connectivity index (χ4n) is 2.54. The van der Waals surface area contributed by atoms with Crippen molar-refractivity contribution in [1.29, 1.82) is 0 Å². The van der Waals surface area contributed by atoms with E-state index >= 15 is 0 Å². The molecular formula is C20H11ClF5NO. The fourth-order valence-corrected chi connectivity index (χ4v) is 2.77. The molecule has 0 atom stereocenters. The first-order valence-corrected chi connectivity index (χ1v) is 8.26. The number of alkyl halides is 3. The summed E-state index contributed by atoms with van der Waals surface area (Å²) < 4.78 is 65.1. The largest absolute Gasteiger partial charge is 0.416 e. The second-order valence-electron chi connectivity index (χ2n) is 5.85. The van der Waals surface area contributed by atoms with Gasteiger partial charge in [-0.25, -0.2) is 8.78 Å². The van der Waals surface area contributed by atoms with Crippen LogP contribution in [0.25, 0.3) is 11.1 Å². The Morgan fingerprint density at radius 2 is 1.68 bits per heavy atom. The third kappa shape index (κ3) is 4.31. The van der Waals surface area contributed by atoms with Gasteiger partial charge in [-0.05, 0) is 48.0 Å². The van der Waals surface area contributed by atoms with Crippen molar-refractivity contribution < 1.29 is 26.7 Å². The molecule has 8 heteroatoms. The zero-order valence-electron chi connectivity index (χ0n) is 13.9. The molecule has 2 nitrogen and oxygen atoms in total. The lowest BCUT2D eigenvalue weighted by atomic mass is 10.0. The van der Waals surface area contributed by atoms with E-state index in [0.29, 0.717) is 11.6 Å². The molecule has 3 aromatic rings. The Bertz CT molecular complexity index is 1050. The highest BCUT2D eigenvalue weighted by atomic mass is 35.5. The van der Waals surface area contributed by atoms with Crippen molar-refractivity contribution >= 4 is 23.2 Å². The van der Waals surface area contributed by atoms with Gasteiger partial charge in [-0.15, -0.1) is 0 Å². The van der Waals surface area contributed by atoms with Gasteiger partial charge in [-0.2, -0.15) is 13.2 Å². The lowest BCUT2D eigenvalue weighted by molar-refractivity contribution is -0.137. The van der Waals surface area contributed by atoms with Gasteiger partial charge in [0.1, 0.15) is 11.6 Å². The molecule has 0 spiro atoms. The van der Waals surface area contributed by atoms with Crippen molar-refractivity contribution in [2.45, 2.75) is 6.18 Å². The van der Waals surface area contributed by atoms with Crippen LogP contribution in [0.4, 0.5) is 27.6 Å². The summed E-state index contributed by atoms with van der Waals surface area (Å²) >= 11 is 5.83. The molecule has 144 valence electrons. The minimum Gasteiger partial charge on any atom is -0.321 e. The quantitative estimate of drug-likeness (QED) is 0.486. The molecule has 0 aliphatic rings. The summed E-state index contributed by atoms with van der Waals surface area (Å²) in [6.07, 6.45) is -4.56. The Kier molecular flexibility index (Phi) is 5.38. The zero-order chi connectivity index (χ0) is 20.5. The van der Waals surface area contributed by atoms with Gasteiger partial charge >= 0.3 is 6.18 Å². The molecule has 3 rings (SSSR count). The van der Waals surface area contributed by atoms with E-state index in [0.717, 1.165) is 24.3 Å². The van der Waals surface area contributed by atoms with Crippen molar-refractivity contribution in [3.8, 4) is 11.1 Å². The molecule has 28 heavy (non-hydrogen) atoms. The van der Waals surface area contributed by atoms with Crippen molar-refractivity contribution in [3.05, 3.63) is 88.4 Å². The Morgan fingerprint density at radius 1 is 0.929 bits per heavy atom. The normalized spacial score (nSPS) is 11.4. The lowest BCUT2D eigenvalue weighted by Gasteiger charge is -2.12. The molecule has 0 saturated heterocycles. The van der Waals surface area contributed by atoms with Gasteiger partial charge in [0.2, 0.25) is 0 Å². The number of carbonyl (C=O) groups excluding carboxylic acids is 1. The highest BCUT2D eigenvalue weighted by Gasteiger charge is 2.31. The predicted molar refractivity (Wildman–Crippen MR) is 96.2 cm³/mol. The van der Waals surface area contributed by atoms with Crippen molar-refractivity contribution in [2.24, 2.45) is 0 Å². The van der Waals surface area contributed by atoms with Gasteiger partial charge < -0.3 is 5.32 Å². The summed E-state index contributed by atoms with van der Waals surface area (Å²) in [5, 5.41) is 2.14. The van der Waals surface area contributed by atoms with Gasteiger partial charge in [0.15, 0.2) is 0 Å². The average molecular weight is 412 g/mol. The van der Waals surface area contributed by atoms with Gasteiger partial charge in [0.25, 0.3) is 5.91 Å². The van der Waals surface area contributed by atoms with Gasteiger partial charge in [0, 0.05) is 17.2 Å². The highest BCUT2D eigenvalue weighted by molar-refractivity contribution is 6.34. The molecule has 0 aromatic heterocycles. The van der Waals surface area contributed by atoms with Crippen LogP contribution in [0.2, 0.25) is 5.02 Å². The van der Waals surface area contributed by atoms with E-state index < -0.39 is 29.3 Å². The number of anilines is 1. The molecule has 1 N–H and O–H groups in total. The van der Waals surface area contributed by atoms with Gasteiger partial charge in [0.05, 0.1) is 16.3 Å². The summed E-state index contributed by atoms with van der Waals surface area (Å²) in [5.74, 6) is -2.17. The molecule has 0 saturated carbocycles. The monoisotopic (exact) mass is 411 g/mol. The van der Waals surface area contributed by atoms with Crippen LogP contribution >= 0.6 is 11.6 Å². The molecule has 0 unspecified atom stereocenters. The number of hydrogen-bond donors (Lipinski definition) is 1. The summed E-state index contributed by atoms with van der Waals surface area (Å²) in [6, 6.07) is 11.5. The number of amides is 1. The zero-order valence-corrected chi connectivity index (χ0v) is 14.7. The maximum atomic E-state index is 14.0. The maximum Gasteiger partial charge on any atom is 0.416 e. The van der Waals surface area contributed by atoms with Crippen molar-refractivity contribution in [2.75, 3.05) is 5.32 Å². The highest BCUT2D eigenvalue weighted by Crippen LogP contribution is 2.34. The van der Waals surface area contributed by atoms with Crippen LogP contribution in [0.5, 0.6) is 0 Å². The number of nitrogens with one attached hydrogen (secondary N) is 1. The standard InChI is InChI=1S/C20H11ClF5NO/c21-16-9-13(20(24,25)26)4-7-18(16)27-19(28)12-3-1-2-11(8-12)15-6-5-14(22)10-17(15)23/h1-10H,(H,27,28). The summed E-state index contributed by atoms with van der Waals surface area (Å²) in [6.45, 7) is 0. The van der Waals surface area contributed by atoms with Crippen molar-refractivity contribution in [3.63, 3.8) is 0 Å². The second kappa shape index (κ2) is 7.59. The van der Waals surface area contributed by atoms with Crippen LogP contribution in [-0.4, -0.2) is 5.91 Å². The first-order chi connectivity index (χ1) is 13.1. The number of rotatable bonds is 3. The number of benzene rings is 3. The number of carbonyl (C=O) groups is 1. The molecule has 0 aliphatic carbocycles. The Balaban J connectivity index is 1.86. The molecule has 0 heterocycles. The van der Waals surface area contributed by atoms with E-state index in [1.165, 1.54) is 30.3 Å². The summed E-state index contributed by atoms with van der Waals surface area (Å²) in [7, 11) is 0. The minimum absolute atomic E-state index is 0.00182. The number of hydrogen-bond acceptors (Lipinski definition) is 1.